The third-order valence-corrected chi connectivity index (χ3v) is 2.40. The van der Waals surface area contributed by atoms with Gasteiger partial charge >= 0.3 is 12.0 Å². The number of benzene rings is 1. The number of rotatable bonds is 6. The van der Waals surface area contributed by atoms with Gasteiger partial charge in [0.1, 0.15) is 11.5 Å². The number of carboxylic acids is 1. The van der Waals surface area contributed by atoms with Crippen LogP contribution in [0.3, 0.4) is 0 Å². The van der Waals surface area contributed by atoms with Crippen molar-refractivity contribution >= 4 is 17.7 Å². The summed E-state index contributed by atoms with van der Waals surface area (Å²) in [5.41, 5.74) is 0.362. The number of carbonyl (C=O) groups excluding carboxylic acids is 1. The van der Waals surface area contributed by atoms with Crippen molar-refractivity contribution in [3.05, 3.63) is 18.2 Å². The van der Waals surface area contributed by atoms with E-state index in [1.54, 1.807) is 6.07 Å². The molecule has 110 valence electrons. The molecule has 1 aromatic rings. The van der Waals surface area contributed by atoms with E-state index in [2.05, 4.69) is 10.6 Å². The van der Waals surface area contributed by atoms with E-state index in [0.29, 0.717) is 17.2 Å². The van der Waals surface area contributed by atoms with Crippen LogP contribution < -0.4 is 20.1 Å². The second-order valence-electron chi connectivity index (χ2n) is 3.77. The molecule has 0 spiro atoms. The summed E-state index contributed by atoms with van der Waals surface area (Å²) in [5, 5.41) is 22.1. The van der Waals surface area contributed by atoms with Crippen LogP contribution in [0.4, 0.5) is 10.5 Å². The van der Waals surface area contributed by atoms with E-state index in [1.807, 2.05) is 0 Å². The summed E-state index contributed by atoms with van der Waals surface area (Å²) in [6.45, 7) is -0.704. The fraction of sp³-hybridized carbons (Fsp3) is 0.333. The quantitative estimate of drug-likeness (QED) is 0.595. The van der Waals surface area contributed by atoms with Crippen LogP contribution in [-0.4, -0.2) is 49.1 Å². The van der Waals surface area contributed by atoms with Crippen molar-refractivity contribution in [3.8, 4) is 11.5 Å². The van der Waals surface area contributed by atoms with Crippen molar-refractivity contribution in [1.29, 1.82) is 0 Å². The molecule has 0 saturated carbocycles. The zero-order chi connectivity index (χ0) is 15.1. The molecule has 0 aromatic heterocycles. The Kier molecular flexibility index (Phi) is 5.60. The normalized spacial score (nSPS) is 11.3. The first kappa shape index (κ1) is 15.6. The van der Waals surface area contributed by atoms with Crippen LogP contribution >= 0.6 is 0 Å². The second-order valence-corrected chi connectivity index (χ2v) is 3.77. The second kappa shape index (κ2) is 7.19. The molecule has 8 heteroatoms. The van der Waals surface area contributed by atoms with E-state index in [4.69, 9.17) is 19.7 Å². The molecule has 0 heterocycles. The third-order valence-electron chi connectivity index (χ3n) is 2.40. The number of methoxy groups -OCH3 is 2. The van der Waals surface area contributed by atoms with Crippen molar-refractivity contribution in [2.75, 3.05) is 26.1 Å². The molecule has 4 N–H and O–H groups in total. The first-order valence-corrected chi connectivity index (χ1v) is 5.64. The number of anilines is 1. The van der Waals surface area contributed by atoms with Crippen molar-refractivity contribution in [3.63, 3.8) is 0 Å². The van der Waals surface area contributed by atoms with Crippen molar-refractivity contribution < 1.29 is 29.3 Å². The van der Waals surface area contributed by atoms with Gasteiger partial charge in [0.15, 0.2) is 6.04 Å². The van der Waals surface area contributed by atoms with Gasteiger partial charge in [0.25, 0.3) is 0 Å². The zero-order valence-corrected chi connectivity index (χ0v) is 11.0. The Labute approximate surface area is 115 Å². The molecule has 8 nitrogen and oxygen atoms in total. The van der Waals surface area contributed by atoms with Crippen LogP contribution in [0.1, 0.15) is 0 Å². The lowest BCUT2D eigenvalue weighted by molar-refractivity contribution is -0.140. The Morgan fingerprint density at radius 3 is 2.15 bits per heavy atom. The highest BCUT2D eigenvalue weighted by molar-refractivity contribution is 5.92. The van der Waals surface area contributed by atoms with E-state index in [-0.39, 0.29) is 0 Å². The average Bonchev–Trinajstić information content (AvgIpc) is 2.43. The predicted octanol–water partition coefficient (Wildman–Crippen LogP) is 0.271. The highest BCUT2D eigenvalue weighted by Gasteiger charge is 2.18. The third kappa shape index (κ3) is 4.32. The van der Waals surface area contributed by atoms with Crippen molar-refractivity contribution in [2.45, 2.75) is 6.04 Å². The summed E-state index contributed by atoms with van der Waals surface area (Å²) in [7, 11) is 2.93. The minimum absolute atomic E-state index is 0.362. The van der Waals surface area contributed by atoms with Gasteiger partial charge in [-0.2, -0.15) is 0 Å². The topological polar surface area (TPSA) is 117 Å². The van der Waals surface area contributed by atoms with E-state index in [1.165, 1.54) is 26.4 Å². The molecule has 0 fully saturated rings. The largest absolute Gasteiger partial charge is 0.497 e. The molecule has 2 amide bonds. The number of nitrogens with one attached hydrogen (secondary N) is 2. The Bertz CT molecular complexity index is 469. The minimum Gasteiger partial charge on any atom is -0.497 e. The summed E-state index contributed by atoms with van der Waals surface area (Å²) in [4.78, 5) is 22.3. The average molecular weight is 284 g/mol. The van der Waals surface area contributed by atoms with Crippen molar-refractivity contribution in [1.82, 2.24) is 5.32 Å². The van der Waals surface area contributed by atoms with Crippen LogP contribution in [0.2, 0.25) is 0 Å². The zero-order valence-electron chi connectivity index (χ0n) is 11.0. The lowest BCUT2D eigenvalue weighted by Crippen LogP contribution is -2.45. The Hall–Kier alpha value is -2.48. The maximum absolute atomic E-state index is 11.6. The molecule has 1 rings (SSSR count). The van der Waals surface area contributed by atoms with E-state index < -0.39 is 24.6 Å². The number of hydrogen-bond acceptors (Lipinski definition) is 5. The van der Waals surface area contributed by atoms with E-state index in [0.717, 1.165) is 0 Å². The van der Waals surface area contributed by atoms with Crippen LogP contribution in [0.25, 0.3) is 0 Å². The molecular weight excluding hydrogens is 268 g/mol. The number of ether oxygens (including phenoxy) is 2. The Balaban J connectivity index is 2.77. The van der Waals surface area contributed by atoms with Crippen LogP contribution in [0.15, 0.2) is 18.2 Å². The first-order valence-electron chi connectivity index (χ1n) is 5.64. The SMILES string of the molecule is COc1cc(NC(=O)NC(CO)C(=O)O)cc(OC)c1. The number of aliphatic hydroxyl groups excluding tert-OH is 1. The van der Waals surface area contributed by atoms with Crippen molar-refractivity contribution in [2.24, 2.45) is 0 Å². The number of aliphatic carboxylic acids is 1. The Morgan fingerprint density at radius 2 is 1.75 bits per heavy atom. The number of amides is 2. The molecular formula is C12H16N2O6. The maximum atomic E-state index is 11.6. The lowest BCUT2D eigenvalue weighted by Gasteiger charge is -2.13. The summed E-state index contributed by atoms with van der Waals surface area (Å²) in [5.74, 6) is -0.390. The molecule has 1 aromatic carbocycles. The maximum Gasteiger partial charge on any atom is 0.328 e. The summed E-state index contributed by atoms with van der Waals surface area (Å²) < 4.78 is 10.1. The molecule has 0 aliphatic rings. The van der Waals surface area contributed by atoms with Crippen LogP contribution in [0, 0.1) is 0 Å². The number of carbonyl (C=O) groups is 2. The summed E-state index contributed by atoms with van der Waals surface area (Å²) >= 11 is 0. The van der Waals surface area contributed by atoms with Gasteiger partial charge in [0.2, 0.25) is 0 Å². The molecule has 0 aliphatic heterocycles. The molecule has 0 saturated heterocycles. The number of aliphatic hydroxyl groups is 1. The molecule has 0 aliphatic carbocycles. The highest BCUT2D eigenvalue weighted by Crippen LogP contribution is 2.25. The van der Waals surface area contributed by atoms with Crippen LogP contribution in [0.5, 0.6) is 11.5 Å². The molecule has 20 heavy (non-hydrogen) atoms. The summed E-state index contributed by atoms with van der Waals surface area (Å²) in [6, 6.07) is 2.56. The minimum atomic E-state index is -1.37. The fourth-order valence-corrected chi connectivity index (χ4v) is 1.39. The monoisotopic (exact) mass is 284 g/mol. The molecule has 1 unspecified atom stereocenters. The number of hydrogen-bond donors (Lipinski definition) is 4. The van der Waals surface area contributed by atoms with Crippen LogP contribution in [-0.2, 0) is 4.79 Å². The smallest absolute Gasteiger partial charge is 0.328 e. The van der Waals surface area contributed by atoms with Gasteiger partial charge in [-0.1, -0.05) is 0 Å². The van der Waals surface area contributed by atoms with Gasteiger partial charge in [0.05, 0.1) is 20.8 Å². The van der Waals surface area contributed by atoms with Gasteiger partial charge in [-0.3, -0.25) is 0 Å². The summed E-state index contributed by atoms with van der Waals surface area (Å²) in [6.07, 6.45) is 0. The molecule has 0 radical (unpaired) electrons. The number of urea groups is 1. The fourth-order valence-electron chi connectivity index (χ4n) is 1.39. The van der Waals surface area contributed by atoms with E-state index >= 15 is 0 Å². The van der Waals surface area contributed by atoms with Gasteiger partial charge in [0, 0.05) is 23.9 Å². The first-order chi connectivity index (χ1) is 9.49. The van der Waals surface area contributed by atoms with Gasteiger partial charge < -0.3 is 30.3 Å². The van der Waals surface area contributed by atoms with Gasteiger partial charge in [-0.15, -0.1) is 0 Å². The lowest BCUT2D eigenvalue weighted by atomic mass is 10.2. The standard InChI is InChI=1S/C12H16N2O6/c1-19-8-3-7(4-9(5-8)20-2)13-12(18)14-10(6-15)11(16)17/h3-5,10,15H,6H2,1-2H3,(H,16,17)(H2,13,14,18). The van der Waals surface area contributed by atoms with Gasteiger partial charge in [-0.25, -0.2) is 9.59 Å². The van der Waals surface area contributed by atoms with E-state index in [9.17, 15) is 9.59 Å². The van der Waals surface area contributed by atoms with Gasteiger partial charge in [-0.05, 0) is 0 Å². The predicted molar refractivity (Wildman–Crippen MR) is 70.2 cm³/mol. The number of carboxylic acid groups (broad SMARTS) is 1. The molecule has 1 atom stereocenters. The highest BCUT2D eigenvalue weighted by atomic mass is 16.5. The Morgan fingerprint density at radius 1 is 1.20 bits per heavy atom. The molecule has 0 bridgehead atoms.